The number of hydrogen-bond acceptors (Lipinski definition) is 4. The van der Waals surface area contributed by atoms with Crippen molar-refractivity contribution < 1.29 is 0 Å². The van der Waals surface area contributed by atoms with Crippen molar-refractivity contribution in [2.24, 2.45) is 5.92 Å². The number of aryl methyl sites for hydroxylation is 1. The van der Waals surface area contributed by atoms with Crippen molar-refractivity contribution in [2.75, 3.05) is 6.54 Å². The van der Waals surface area contributed by atoms with E-state index in [1.807, 2.05) is 12.4 Å². The first-order valence-corrected chi connectivity index (χ1v) is 9.15. The molecule has 0 radical (unpaired) electrons. The average Bonchev–Trinajstić information content (AvgIpc) is 3.21. The summed E-state index contributed by atoms with van der Waals surface area (Å²) < 4.78 is 2.38. The molecule has 6 nitrogen and oxygen atoms in total. The van der Waals surface area contributed by atoms with Crippen LogP contribution in [0.3, 0.4) is 0 Å². The minimum Gasteiger partial charge on any atom is -0.346 e. The third-order valence-corrected chi connectivity index (χ3v) is 5.44. The molecule has 1 aliphatic rings. The van der Waals surface area contributed by atoms with Gasteiger partial charge in [0.2, 0.25) is 0 Å². The van der Waals surface area contributed by atoms with Crippen LogP contribution < -0.4 is 5.32 Å². The number of nitriles is 1. The summed E-state index contributed by atoms with van der Waals surface area (Å²) >= 11 is 0. The van der Waals surface area contributed by atoms with Gasteiger partial charge in [-0.15, -0.1) is 0 Å². The molecule has 0 spiro atoms. The Morgan fingerprint density at radius 1 is 1.36 bits per heavy atom. The number of imidazole rings is 1. The molecule has 1 fully saturated rings. The van der Waals surface area contributed by atoms with E-state index in [-0.39, 0.29) is 0 Å². The molecule has 1 aliphatic carbocycles. The zero-order chi connectivity index (χ0) is 17.2. The van der Waals surface area contributed by atoms with Gasteiger partial charge < -0.3 is 14.9 Å². The van der Waals surface area contributed by atoms with Gasteiger partial charge in [-0.3, -0.25) is 0 Å². The van der Waals surface area contributed by atoms with Crippen LogP contribution in [0.1, 0.15) is 37.9 Å². The summed E-state index contributed by atoms with van der Waals surface area (Å²) in [5.74, 6) is 1.76. The Morgan fingerprint density at radius 3 is 3.00 bits per heavy atom. The maximum atomic E-state index is 8.65. The molecule has 6 heteroatoms. The number of rotatable bonds is 5. The van der Waals surface area contributed by atoms with Crippen molar-refractivity contribution >= 4 is 22.1 Å². The first-order valence-electron chi connectivity index (χ1n) is 9.15. The molecule has 0 aliphatic heterocycles. The van der Waals surface area contributed by atoms with Gasteiger partial charge in [0, 0.05) is 37.1 Å². The van der Waals surface area contributed by atoms with E-state index in [1.165, 1.54) is 31.2 Å². The van der Waals surface area contributed by atoms with Crippen LogP contribution in [-0.4, -0.2) is 32.1 Å². The normalized spacial score (nSPS) is 21.0. The van der Waals surface area contributed by atoms with E-state index in [9.17, 15) is 0 Å². The van der Waals surface area contributed by atoms with Crippen LogP contribution in [0.25, 0.3) is 22.1 Å². The molecule has 0 unspecified atom stereocenters. The van der Waals surface area contributed by atoms with Gasteiger partial charge in [0.05, 0.1) is 17.8 Å². The summed E-state index contributed by atoms with van der Waals surface area (Å²) in [6.07, 6.45) is 9.26. The zero-order valence-corrected chi connectivity index (χ0v) is 14.6. The molecule has 0 atom stereocenters. The molecular weight excluding hydrogens is 312 g/mol. The van der Waals surface area contributed by atoms with E-state index in [0.29, 0.717) is 18.4 Å². The Hall–Kier alpha value is -2.39. The highest BCUT2D eigenvalue weighted by Crippen LogP contribution is 2.30. The fraction of sp³-hybridized carbons (Fsp3) is 0.526. The Bertz CT molecular complexity index is 907. The van der Waals surface area contributed by atoms with Crippen LogP contribution in [0.4, 0.5) is 0 Å². The second-order valence-corrected chi connectivity index (χ2v) is 7.08. The molecule has 0 bridgehead atoms. The first-order chi connectivity index (χ1) is 12.3. The Balaban J connectivity index is 1.49. The van der Waals surface area contributed by atoms with Gasteiger partial charge in [0.25, 0.3) is 0 Å². The molecule has 130 valence electrons. The summed E-state index contributed by atoms with van der Waals surface area (Å²) in [5, 5.41) is 13.3. The second-order valence-electron chi connectivity index (χ2n) is 7.08. The van der Waals surface area contributed by atoms with Crippen molar-refractivity contribution in [1.29, 1.82) is 5.26 Å². The molecule has 4 rings (SSSR count). The van der Waals surface area contributed by atoms with Gasteiger partial charge in [-0.1, -0.05) is 0 Å². The van der Waals surface area contributed by atoms with Crippen molar-refractivity contribution in [3.63, 3.8) is 0 Å². The molecule has 3 aromatic rings. The minimum atomic E-state index is 0.575. The lowest BCUT2D eigenvalue weighted by molar-refractivity contribution is 0.270. The Labute approximate surface area is 147 Å². The van der Waals surface area contributed by atoms with Gasteiger partial charge in [-0.2, -0.15) is 5.26 Å². The van der Waals surface area contributed by atoms with Crippen LogP contribution >= 0.6 is 0 Å². The average molecular weight is 336 g/mol. The van der Waals surface area contributed by atoms with E-state index >= 15 is 0 Å². The first kappa shape index (κ1) is 16.1. The number of nitrogens with zero attached hydrogens (tertiary/aromatic N) is 4. The predicted molar refractivity (Wildman–Crippen MR) is 98.1 cm³/mol. The third-order valence-electron chi connectivity index (χ3n) is 5.44. The SMILES string of the molecule is Cc1nc2cnc3[nH]ccc3c2n1CC1CCC(NCCC#N)CC1. The number of aromatic nitrogens is 4. The molecule has 25 heavy (non-hydrogen) atoms. The number of aromatic amines is 1. The van der Waals surface area contributed by atoms with Crippen molar-refractivity contribution in [3.8, 4) is 6.07 Å². The summed E-state index contributed by atoms with van der Waals surface area (Å²) in [4.78, 5) is 12.4. The standard InChI is InChI=1S/C19H24N6/c1-13-24-17-11-23-19-16(7-10-22-19)18(17)25(13)12-14-3-5-15(6-4-14)21-9-2-8-20/h7,10-11,14-15,21H,2-6,9,12H2,1H3,(H,22,23). The van der Waals surface area contributed by atoms with Crippen LogP contribution in [0.15, 0.2) is 18.5 Å². The molecule has 1 saturated carbocycles. The zero-order valence-electron chi connectivity index (χ0n) is 14.6. The number of hydrogen-bond donors (Lipinski definition) is 2. The molecule has 2 N–H and O–H groups in total. The Kier molecular flexibility index (Phi) is 4.41. The molecule has 0 aromatic carbocycles. The number of fused-ring (bicyclic) bond motifs is 3. The highest BCUT2D eigenvalue weighted by atomic mass is 15.1. The van der Waals surface area contributed by atoms with Gasteiger partial charge >= 0.3 is 0 Å². The summed E-state index contributed by atoms with van der Waals surface area (Å²) in [5.41, 5.74) is 3.12. The van der Waals surface area contributed by atoms with Gasteiger partial charge in [0.15, 0.2) is 0 Å². The highest BCUT2D eigenvalue weighted by molar-refractivity contribution is 6.01. The van der Waals surface area contributed by atoms with Gasteiger partial charge in [-0.25, -0.2) is 9.97 Å². The van der Waals surface area contributed by atoms with E-state index < -0.39 is 0 Å². The highest BCUT2D eigenvalue weighted by Gasteiger charge is 2.23. The lowest BCUT2D eigenvalue weighted by atomic mass is 9.86. The van der Waals surface area contributed by atoms with Gasteiger partial charge in [0.1, 0.15) is 17.0 Å². The molecule has 3 heterocycles. The number of pyridine rings is 1. The van der Waals surface area contributed by atoms with E-state index in [4.69, 9.17) is 10.2 Å². The smallest absolute Gasteiger partial charge is 0.139 e. The maximum absolute atomic E-state index is 8.65. The topological polar surface area (TPSA) is 82.3 Å². The lowest BCUT2D eigenvalue weighted by Gasteiger charge is -2.29. The lowest BCUT2D eigenvalue weighted by Crippen LogP contribution is -2.34. The maximum Gasteiger partial charge on any atom is 0.139 e. The largest absolute Gasteiger partial charge is 0.346 e. The molecule has 3 aromatic heterocycles. The number of H-pyrrole nitrogens is 1. The van der Waals surface area contributed by atoms with Crippen molar-refractivity contribution in [3.05, 3.63) is 24.3 Å². The van der Waals surface area contributed by atoms with Crippen LogP contribution in [0.2, 0.25) is 0 Å². The van der Waals surface area contributed by atoms with Gasteiger partial charge in [-0.05, 0) is 44.6 Å². The van der Waals surface area contributed by atoms with Crippen LogP contribution in [-0.2, 0) is 6.54 Å². The van der Waals surface area contributed by atoms with Crippen molar-refractivity contribution in [2.45, 2.75) is 51.6 Å². The monoisotopic (exact) mass is 336 g/mol. The van der Waals surface area contributed by atoms with E-state index in [2.05, 4.69) is 38.9 Å². The van der Waals surface area contributed by atoms with E-state index in [0.717, 1.165) is 35.5 Å². The van der Waals surface area contributed by atoms with E-state index in [1.54, 1.807) is 0 Å². The summed E-state index contributed by atoms with van der Waals surface area (Å²) in [6.45, 7) is 3.93. The third kappa shape index (κ3) is 3.12. The van der Waals surface area contributed by atoms with Crippen molar-refractivity contribution in [1.82, 2.24) is 24.8 Å². The summed E-state index contributed by atoms with van der Waals surface area (Å²) in [6, 6.07) is 4.87. The van der Waals surface area contributed by atoms with Crippen LogP contribution in [0, 0.1) is 24.2 Å². The quantitative estimate of drug-likeness (QED) is 0.701. The second kappa shape index (κ2) is 6.85. The summed E-state index contributed by atoms with van der Waals surface area (Å²) in [7, 11) is 0. The number of nitrogens with one attached hydrogen (secondary N) is 2. The molecular formula is C19H24N6. The fourth-order valence-electron chi connectivity index (χ4n) is 4.11. The van der Waals surface area contributed by atoms with Crippen LogP contribution in [0.5, 0.6) is 0 Å². The fourth-order valence-corrected chi connectivity index (χ4v) is 4.11. The molecule has 0 amide bonds. The Morgan fingerprint density at radius 2 is 2.20 bits per heavy atom. The predicted octanol–water partition coefficient (Wildman–Crippen LogP) is 3.28. The minimum absolute atomic E-state index is 0.575. The molecule has 0 saturated heterocycles.